The Morgan fingerprint density at radius 1 is 1.09 bits per heavy atom. The smallest absolute Gasteiger partial charge is 0.225 e. The molecule has 0 saturated carbocycles. The monoisotopic (exact) mass is 314 g/mol. The third kappa shape index (κ3) is 4.92. The highest BCUT2D eigenvalue weighted by Gasteiger charge is 2.13. The number of hydrogen-bond donors (Lipinski definition) is 2. The Morgan fingerprint density at radius 2 is 1.78 bits per heavy atom. The molecule has 2 aromatic rings. The largest absolute Gasteiger partial charge is 0.326 e. The molecule has 4 nitrogen and oxygen atoms in total. The van der Waals surface area contributed by atoms with E-state index in [2.05, 4.69) is 10.6 Å². The maximum Gasteiger partial charge on any atom is 0.225 e. The summed E-state index contributed by atoms with van der Waals surface area (Å²) in [6, 6.07) is 13.7. The summed E-state index contributed by atoms with van der Waals surface area (Å²) < 4.78 is 13.8. The first kappa shape index (κ1) is 16.7. The number of carbonyl (C=O) groups excluding carboxylic acids is 2. The van der Waals surface area contributed by atoms with Gasteiger partial charge in [0.1, 0.15) is 5.82 Å². The maximum absolute atomic E-state index is 13.8. The van der Waals surface area contributed by atoms with Crippen LogP contribution in [0.4, 0.5) is 15.8 Å². The molecule has 2 N–H and O–H groups in total. The van der Waals surface area contributed by atoms with E-state index in [0.29, 0.717) is 5.69 Å². The van der Waals surface area contributed by atoms with Gasteiger partial charge in [-0.2, -0.15) is 0 Å². The molecule has 0 fully saturated rings. The van der Waals surface area contributed by atoms with E-state index in [9.17, 15) is 14.0 Å². The van der Waals surface area contributed by atoms with Crippen molar-refractivity contribution in [3.63, 3.8) is 0 Å². The van der Waals surface area contributed by atoms with Gasteiger partial charge in [0.2, 0.25) is 11.8 Å². The molecule has 0 aromatic heterocycles. The van der Waals surface area contributed by atoms with Crippen LogP contribution >= 0.6 is 0 Å². The molecule has 0 saturated heterocycles. The van der Waals surface area contributed by atoms with E-state index >= 15 is 0 Å². The molecule has 0 aliphatic carbocycles. The van der Waals surface area contributed by atoms with E-state index in [0.717, 1.165) is 5.56 Å². The Kier molecular flexibility index (Phi) is 5.46. The predicted molar refractivity (Wildman–Crippen MR) is 88.8 cm³/mol. The molecular weight excluding hydrogens is 295 g/mol. The van der Waals surface area contributed by atoms with Crippen molar-refractivity contribution in [1.82, 2.24) is 0 Å². The summed E-state index contributed by atoms with van der Waals surface area (Å²) in [5, 5.41) is 5.11. The fourth-order valence-corrected chi connectivity index (χ4v) is 2.28. The van der Waals surface area contributed by atoms with Gasteiger partial charge in [0, 0.05) is 19.0 Å². The van der Waals surface area contributed by atoms with E-state index in [-0.39, 0.29) is 29.8 Å². The zero-order chi connectivity index (χ0) is 16.8. The highest BCUT2D eigenvalue weighted by atomic mass is 19.1. The highest BCUT2D eigenvalue weighted by Crippen LogP contribution is 2.22. The molecule has 2 amide bonds. The van der Waals surface area contributed by atoms with E-state index < -0.39 is 5.82 Å². The summed E-state index contributed by atoms with van der Waals surface area (Å²) in [4.78, 5) is 23.2. The lowest BCUT2D eigenvalue weighted by Gasteiger charge is -2.13. The first-order valence-electron chi connectivity index (χ1n) is 7.37. The van der Waals surface area contributed by atoms with E-state index in [1.54, 1.807) is 0 Å². The van der Waals surface area contributed by atoms with E-state index in [1.165, 1.54) is 25.1 Å². The van der Waals surface area contributed by atoms with Gasteiger partial charge in [0.05, 0.1) is 5.69 Å². The number of halogens is 1. The number of benzene rings is 2. The minimum atomic E-state index is -0.542. The summed E-state index contributed by atoms with van der Waals surface area (Å²) in [6.45, 7) is 3.31. The summed E-state index contributed by atoms with van der Waals surface area (Å²) in [6.07, 6.45) is 0.244. The third-order valence-electron chi connectivity index (χ3n) is 3.42. The molecule has 0 aliphatic rings. The molecule has 1 unspecified atom stereocenters. The molecule has 2 rings (SSSR count). The van der Waals surface area contributed by atoms with Crippen LogP contribution in [-0.4, -0.2) is 11.8 Å². The molecule has 0 radical (unpaired) electrons. The van der Waals surface area contributed by atoms with Gasteiger partial charge in [-0.3, -0.25) is 9.59 Å². The molecule has 0 spiro atoms. The van der Waals surface area contributed by atoms with Crippen molar-refractivity contribution < 1.29 is 14.0 Å². The van der Waals surface area contributed by atoms with Gasteiger partial charge < -0.3 is 10.6 Å². The van der Waals surface area contributed by atoms with Crippen molar-refractivity contribution in [3.8, 4) is 0 Å². The molecule has 120 valence electrons. The average Bonchev–Trinajstić information content (AvgIpc) is 2.51. The first-order valence-corrected chi connectivity index (χ1v) is 7.37. The van der Waals surface area contributed by atoms with E-state index in [1.807, 2.05) is 37.3 Å². The molecule has 0 aliphatic heterocycles. The van der Waals surface area contributed by atoms with Crippen LogP contribution in [0.25, 0.3) is 0 Å². The number of carbonyl (C=O) groups is 2. The van der Waals surface area contributed by atoms with Gasteiger partial charge >= 0.3 is 0 Å². The molecule has 1 atom stereocenters. The van der Waals surface area contributed by atoms with Gasteiger partial charge in [-0.25, -0.2) is 4.39 Å². The fraction of sp³-hybridized carbons (Fsp3) is 0.222. The number of rotatable bonds is 5. The first-order chi connectivity index (χ1) is 11.0. The zero-order valence-corrected chi connectivity index (χ0v) is 13.1. The summed E-state index contributed by atoms with van der Waals surface area (Å²) in [7, 11) is 0. The molecule has 2 aromatic carbocycles. The second-order valence-corrected chi connectivity index (χ2v) is 5.44. The van der Waals surface area contributed by atoms with Gasteiger partial charge in [-0.05, 0) is 29.7 Å². The Labute approximate surface area is 134 Å². The van der Waals surface area contributed by atoms with Gasteiger partial charge in [-0.1, -0.05) is 37.3 Å². The number of nitrogens with one attached hydrogen (secondary N) is 2. The lowest BCUT2D eigenvalue weighted by molar-refractivity contribution is -0.116. The van der Waals surface area contributed by atoms with Crippen LogP contribution in [0.5, 0.6) is 0 Å². The quantitative estimate of drug-likeness (QED) is 0.879. The second kappa shape index (κ2) is 7.54. The molecule has 0 heterocycles. The summed E-state index contributed by atoms with van der Waals surface area (Å²) in [5.74, 6) is -1.05. The highest BCUT2D eigenvalue weighted by molar-refractivity contribution is 5.93. The number of hydrogen-bond acceptors (Lipinski definition) is 2. The Balaban J connectivity index is 2.03. The Bertz CT molecular complexity index is 701. The Morgan fingerprint density at radius 3 is 2.43 bits per heavy atom. The Hall–Kier alpha value is -2.69. The number of anilines is 2. The maximum atomic E-state index is 13.8. The van der Waals surface area contributed by atoms with Crippen LogP contribution in [0, 0.1) is 5.82 Å². The zero-order valence-electron chi connectivity index (χ0n) is 13.1. The van der Waals surface area contributed by atoms with Crippen molar-refractivity contribution in [3.05, 3.63) is 59.9 Å². The second-order valence-electron chi connectivity index (χ2n) is 5.44. The minimum absolute atomic E-state index is 0.0257. The van der Waals surface area contributed by atoms with Crippen LogP contribution in [-0.2, 0) is 9.59 Å². The van der Waals surface area contributed by atoms with E-state index in [4.69, 9.17) is 0 Å². The van der Waals surface area contributed by atoms with Gasteiger partial charge in [-0.15, -0.1) is 0 Å². The van der Waals surface area contributed by atoms with Crippen LogP contribution in [0.3, 0.4) is 0 Å². The fourth-order valence-electron chi connectivity index (χ4n) is 2.28. The molecular formula is C18H19FN2O2. The third-order valence-corrected chi connectivity index (χ3v) is 3.42. The summed E-state index contributed by atoms with van der Waals surface area (Å²) in [5.41, 5.74) is 1.54. The van der Waals surface area contributed by atoms with Crippen LogP contribution < -0.4 is 10.6 Å². The standard InChI is InChI=1S/C18H19FN2O2/c1-12(14-6-4-3-5-7-14)10-18(23)21-17-11-15(20-13(2)22)8-9-16(17)19/h3-9,11-12H,10H2,1-2H3,(H,20,22)(H,21,23). The average molecular weight is 314 g/mol. The van der Waals surface area contributed by atoms with Crippen molar-refractivity contribution in [2.24, 2.45) is 0 Å². The molecule has 0 bridgehead atoms. The van der Waals surface area contributed by atoms with Crippen molar-refractivity contribution >= 4 is 23.2 Å². The van der Waals surface area contributed by atoms with Crippen molar-refractivity contribution in [2.75, 3.05) is 10.6 Å². The van der Waals surface area contributed by atoms with Crippen molar-refractivity contribution in [2.45, 2.75) is 26.2 Å². The molecule has 5 heteroatoms. The predicted octanol–water partition coefficient (Wildman–Crippen LogP) is 3.92. The minimum Gasteiger partial charge on any atom is -0.326 e. The van der Waals surface area contributed by atoms with Gasteiger partial charge in [0.15, 0.2) is 0 Å². The van der Waals surface area contributed by atoms with Crippen LogP contribution in [0.1, 0.15) is 31.7 Å². The lowest BCUT2D eigenvalue weighted by atomic mass is 9.97. The summed E-state index contributed by atoms with van der Waals surface area (Å²) >= 11 is 0. The van der Waals surface area contributed by atoms with Gasteiger partial charge in [0.25, 0.3) is 0 Å². The topological polar surface area (TPSA) is 58.2 Å². The normalized spacial score (nSPS) is 11.6. The van der Waals surface area contributed by atoms with Crippen LogP contribution in [0.2, 0.25) is 0 Å². The lowest BCUT2D eigenvalue weighted by Crippen LogP contribution is -2.16. The van der Waals surface area contributed by atoms with Crippen molar-refractivity contribution in [1.29, 1.82) is 0 Å². The molecule has 23 heavy (non-hydrogen) atoms. The SMILES string of the molecule is CC(=O)Nc1ccc(F)c(NC(=O)CC(C)c2ccccc2)c1. The van der Waals surface area contributed by atoms with Crippen LogP contribution in [0.15, 0.2) is 48.5 Å². The number of amides is 2.